The van der Waals surface area contributed by atoms with E-state index in [9.17, 15) is 8.78 Å². The molecular weight excluding hydrogens is 250 g/mol. The molecule has 2 rings (SSSR count). The molecule has 0 aliphatic heterocycles. The summed E-state index contributed by atoms with van der Waals surface area (Å²) in [6, 6.07) is 4.21. The van der Waals surface area contributed by atoms with Crippen molar-refractivity contribution in [1.29, 1.82) is 0 Å². The Balaban J connectivity index is 2.29. The molecule has 0 saturated carbocycles. The summed E-state index contributed by atoms with van der Waals surface area (Å²) in [5.74, 6) is -0.503. The monoisotopic (exact) mass is 264 g/mol. The van der Waals surface area contributed by atoms with Crippen molar-refractivity contribution < 1.29 is 8.78 Å². The van der Waals surface area contributed by atoms with Crippen LogP contribution < -0.4 is 10.6 Å². The Bertz CT molecular complexity index is 587. The van der Waals surface area contributed by atoms with Gasteiger partial charge in [0.1, 0.15) is 5.82 Å². The second-order valence-electron chi connectivity index (χ2n) is 4.00. The number of hydrogen-bond acceptors (Lipinski definition) is 4. The summed E-state index contributed by atoms with van der Waals surface area (Å²) in [5, 5.41) is 5.73. The Kier molecular flexibility index (Phi) is 3.89. The van der Waals surface area contributed by atoms with Gasteiger partial charge in [0.15, 0.2) is 11.6 Å². The van der Waals surface area contributed by atoms with Crippen LogP contribution in [0, 0.1) is 18.6 Å². The number of hydrogen-bond donors (Lipinski definition) is 2. The SMILES string of the molecule is CCNc1ncc(F)c(Nc2ccc(F)cc2C)n1. The predicted octanol–water partition coefficient (Wildman–Crippen LogP) is 3.24. The van der Waals surface area contributed by atoms with E-state index < -0.39 is 5.82 Å². The molecule has 0 atom stereocenters. The maximum absolute atomic E-state index is 13.6. The third kappa shape index (κ3) is 3.15. The van der Waals surface area contributed by atoms with Crippen molar-refractivity contribution in [2.24, 2.45) is 0 Å². The lowest BCUT2D eigenvalue weighted by molar-refractivity contribution is 0.619. The van der Waals surface area contributed by atoms with Crippen LogP contribution in [0.1, 0.15) is 12.5 Å². The molecule has 19 heavy (non-hydrogen) atoms. The molecule has 1 heterocycles. The highest BCUT2D eigenvalue weighted by atomic mass is 19.1. The van der Waals surface area contributed by atoms with Crippen LogP contribution >= 0.6 is 0 Å². The first kappa shape index (κ1) is 13.2. The minimum absolute atomic E-state index is 0.0562. The second-order valence-corrected chi connectivity index (χ2v) is 4.00. The maximum Gasteiger partial charge on any atom is 0.224 e. The molecule has 0 aliphatic rings. The Morgan fingerprint density at radius 2 is 2.05 bits per heavy atom. The molecule has 0 aliphatic carbocycles. The van der Waals surface area contributed by atoms with E-state index in [-0.39, 0.29) is 11.6 Å². The Morgan fingerprint density at radius 3 is 2.74 bits per heavy atom. The first-order valence-corrected chi connectivity index (χ1v) is 5.89. The van der Waals surface area contributed by atoms with E-state index >= 15 is 0 Å². The molecule has 0 amide bonds. The smallest absolute Gasteiger partial charge is 0.224 e. The molecule has 0 spiro atoms. The quantitative estimate of drug-likeness (QED) is 0.890. The molecule has 1 aromatic carbocycles. The zero-order chi connectivity index (χ0) is 13.8. The molecule has 0 bridgehead atoms. The number of benzene rings is 1. The van der Waals surface area contributed by atoms with Crippen molar-refractivity contribution in [1.82, 2.24) is 9.97 Å². The average molecular weight is 264 g/mol. The van der Waals surface area contributed by atoms with Gasteiger partial charge < -0.3 is 10.6 Å². The van der Waals surface area contributed by atoms with Crippen molar-refractivity contribution in [3.05, 3.63) is 41.6 Å². The summed E-state index contributed by atoms with van der Waals surface area (Å²) in [7, 11) is 0. The molecule has 2 N–H and O–H groups in total. The summed E-state index contributed by atoms with van der Waals surface area (Å²) in [5.41, 5.74) is 1.27. The van der Waals surface area contributed by atoms with Gasteiger partial charge in [0, 0.05) is 12.2 Å². The number of rotatable bonds is 4. The number of anilines is 3. The number of nitrogens with zero attached hydrogens (tertiary/aromatic N) is 2. The molecule has 2 aromatic rings. The van der Waals surface area contributed by atoms with Crippen molar-refractivity contribution in [2.45, 2.75) is 13.8 Å². The lowest BCUT2D eigenvalue weighted by atomic mass is 10.2. The zero-order valence-corrected chi connectivity index (χ0v) is 10.7. The van der Waals surface area contributed by atoms with Crippen LogP contribution in [0.25, 0.3) is 0 Å². The van der Waals surface area contributed by atoms with Crippen LogP contribution in [0.2, 0.25) is 0 Å². The van der Waals surface area contributed by atoms with Gasteiger partial charge in [-0.2, -0.15) is 4.98 Å². The average Bonchev–Trinajstić information content (AvgIpc) is 2.37. The molecule has 0 fully saturated rings. The predicted molar refractivity (Wildman–Crippen MR) is 70.6 cm³/mol. The first-order valence-electron chi connectivity index (χ1n) is 5.89. The van der Waals surface area contributed by atoms with E-state index in [4.69, 9.17) is 0 Å². The largest absolute Gasteiger partial charge is 0.354 e. The van der Waals surface area contributed by atoms with E-state index in [0.29, 0.717) is 23.7 Å². The summed E-state index contributed by atoms with van der Waals surface area (Å²) in [6.07, 6.45) is 1.09. The Morgan fingerprint density at radius 1 is 1.26 bits per heavy atom. The van der Waals surface area contributed by atoms with Crippen molar-refractivity contribution in [3.8, 4) is 0 Å². The van der Waals surface area contributed by atoms with E-state index in [1.54, 1.807) is 13.0 Å². The van der Waals surface area contributed by atoms with Gasteiger partial charge >= 0.3 is 0 Å². The van der Waals surface area contributed by atoms with E-state index in [0.717, 1.165) is 6.20 Å². The van der Waals surface area contributed by atoms with Crippen LogP contribution in [0.3, 0.4) is 0 Å². The van der Waals surface area contributed by atoms with Crippen LogP contribution in [0.5, 0.6) is 0 Å². The van der Waals surface area contributed by atoms with Gasteiger partial charge in [-0.1, -0.05) is 0 Å². The van der Waals surface area contributed by atoms with E-state index in [1.165, 1.54) is 12.1 Å². The van der Waals surface area contributed by atoms with Gasteiger partial charge in [-0.25, -0.2) is 13.8 Å². The number of aromatic nitrogens is 2. The third-order valence-electron chi connectivity index (χ3n) is 2.52. The molecular formula is C13H14F2N4. The Labute approximate surface area is 109 Å². The van der Waals surface area contributed by atoms with Gasteiger partial charge in [-0.05, 0) is 37.6 Å². The van der Waals surface area contributed by atoms with Crippen molar-refractivity contribution in [3.63, 3.8) is 0 Å². The van der Waals surface area contributed by atoms with Crippen LogP contribution in [-0.4, -0.2) is 16.5 Å². The normalized spacial score (nSPS) is 10.3. The van der Waals surface area contributed by atoms with Gasteiger partial charge in [-0.15, -0.1) is 0 Å². The molecule has 6 heteroatoms. The molecule has 1 aromatic heterocycles. The minimum Gasteiger partial charge on any atom is -0.354 e. The molecule has 100 valence electrons. The fraction of sp³-hybridized carbons (Fsp3) is 0.231. The summed E-state index contributed by atoms with van der Waals surface area (Å²) in [6.45, 7) is 4.26. The third-order valence-corrected chi connectivity index (χ3v) is 2.52. The van der Waals surface area contributed by atoms with Crippen LogP contribution in [0.15, 0.2) is 24.4 Å². The van der Waals surface area contributed by atoms with Crippen LogP contribution in [-0.2, 0) is 0 Å². The summed E-state index contributed by atoms with van der Waals surface area (Å²) < 4.78 is 26.6. The van der Waals surface area contributed by atoms with Gasteiger partial charge in [0.2, 0.25) is 5.95 Å². The fourth-order valence-corrected chi connectivity index (χ4v) is 1.59. The highest BCUT2D eigenvalue weighted by molar-refractivity contribution is 5.61. The lowest BCUT2D eigenvalue weighted by Gasteiger charge is -2.10. The zero-order valence-electron chi connectivity index (χ0n) is 10.7. The van der Waals surface area contributed by atoms with Crippen molar-refractivity contribution >= 4 is 17.5 Å². The minimum atomic E-state index is -0.564. The molecule has 0 saturated heterocycles. The Hall–Kier alpha value is -2.24. The highest BCUT2D eigenvalue weighted by Crippen LogP contribution is 2.22. The summed E-state index contributed by atoms with van der Waals surface area (Å²) in [4.78, 5) is 7.83. The topological polar surface area (TPSA) is 49.8 Å². The highest BCUT2D eigenvalue weighted by Gasteiger charge is 2.08. The van der Waals surface area contributed by atoms with Crippen molar-refractivity contribution in [2.75, 3.05) is 17.2 Å². The maximum atomic E-state index is 13.6. The second kappa shape index (κ2) is 5.60. The molecule has 0 unspecified atom stereocenters. The summed E-state index contributed by atoms with van der Waals surface area (Å²) >= 11 is 0. The van der Waals surface area contributed by atoms with Crippen LogP contribution in [0.4, 0.5) is 26.2 Å². The van der Waals surface area contributed by atoms with E-state index in [2.05, 4.69) is 20.6 Å². The van der Waals surface area contributed by atoms with Gasteiger partial charge in [0.05, 0.1) is 6.20 Å². The lowest BCUT2D eigenvalue weighted by Crippen LogP contribution is -2.06. The van der Waals surface area contributed by atoms with Gasteiger partial charge in [0.25, 0.3) is 0 Å². The molecule has 0 radical (unpaired) electrons. The van der Waals surface area contributed by atoms with Gasteiger partial charge in [-0.3, -0.25) is 0 Å². The van der Waals surface area contributed by atoms with E-state index in [1.807, 2.05) is 6.92 Å². The fourth-order valence-electron chi connectivity index (χ4n) is 1.59. The molecule has 4 nitrogen and oxygen atoms in total. The number of nitrogens with one attached hydrogen (secondary N) is 2. The number of halogens is 2. The number of aryl methyl sites for hydroxylation is 1. The standard InChI is InChI=1S/C13H14F2N4/c1-3-16-13-17-7-10(15)12(19-13)18-11-5-4-9(14)6-8(11)2/h4-7H,3H2,1-2H3,(H2,16,17,18,19). The first-order chi connectivity index (χ1) is 9.10.